The van der Waals surface area contributed by atoms with Gasteiger partial charge in [-0.25, -0.2) is 14.4 Å². The van der Waals surface area contributed by atoms with Gasteiger partial charge in [0.1, 0.15) is 31.3 Å². The molecule has 1 aromatic heterocycles. The molecule has 196 valence electrons. The number of likely N-dealkylation sites (tertiary alicyclic amines) is 1. The van der Waals surface area contributed by atoms with E-state index < -0.39 is 11.8 Å². The SMILES string of the molecule is N=C(N)CC(=O)OCc1cccc(-c2cnc(N3CCC(=NOCCN4CCCC4=O)CC3)nc2)c1F. The number of carbonyl (C=O) groups excluding carboxylic acids is 2. The second kappa shape index (κ2) is 12.2. The van der Waals surface area contributed by atoms with E-state index in [0.717, 1.165) is 18.7 Å². The van der Waals surface area contributed by atoms with E-state index in [1.165, 1.54) is 6.07 Å². The van der Waals surface area contributed by atoms with Gasteiger partial charge in [-0.05, 0) is 6.42 Å². The Hall–Kier alpha value is -4.09. The number of nitrogens with one attached hydrogen (secondary N) is 1. The molecule has 2 saturated heterocycles. The molecule has 3 N–H and O–H groups in total. The van der Waals surface area contributed by atoms with Gasteiger partial charge in [-0.15, -0.1) is 0 Å². The first-order valence-electron chi connectivity index (χ1n) is 12.2. The smallest absolute Gasteiger partial charge is 0.313 e. The lowest BCUT2D eigenvalue weighted by Gasteiger charge is -2.27. The number of nitrogens with zero attached hydrogens (tertiary/aromatic N) is 5. The van der Waals surface area contributed by atoms with Crippen LogP contribution in [0, 0.1) is 11.2 Å². The average molecular weight is 512 g/mol. The fourth-order valence-electron chi connectivity index (χ4n) is 4.19. The van der Waals surface area contributed by atoms with E-state index in [4.69, 9.17) is 20.7 Å². The van der Waals surface area contributed by atoms with Crippen LogP contribution in [-0.4, -0.2) is 71.1 Å². The topological polar surface area (TPSA) is 147 Å². The summed E-state index contributed by atoms with van der Waals surface area (Å²) in [6.07, 6.45) is 5.76. The van der Waals surface area contributed by atoms with E-state index in [1.807, 2.05) is 4.90 Å². The van der Waals surface area contributed by atoms with Gasteiger partial charge in [-0.3, -0.25) is 15.0 Å². The lowest BCUT2D eigenvalue weighted by atomic mass is 10.0. The number of amides is 1. The van der Waals surface area contributed by atoms with E-state index in [2.05, 4.69) is 15.1 Å². The van der Waals surface area contributed by atoms with Gasteiger partial charge in [0.2, 0.25) is 11.9 Å². The lowest BCUT2D eigenvalue weighted by molar-refractivity contribution is -0.143. The predicted octanol–water partition coefficient (Wildman–Crippen LogP) is 2.25. The van der Waals surface area contributed by atoms with Crippen LogP contribution in [-0.2, 0) is 25.8 Å². The number of aromatic nitrogens is 2. The maximum absolute atomic E-state index is 15.0. The van der Waals surface area contributed by atoms with Gasteiger partial charge in [0.25, 0.3) is 0 Å². The maximum atomic E-state index is 15.0. The number of hydrogen-bond donors (Lipinski definition) is 2. The largest absolute Gasteiger partial charge is 0.460 e. The Morgan fingerprint density at radius 3 is 2.59 bits per heavy atom. The number of ether oxygens (including phenoxy) is 1. The first-order chi connectivity index (χ1) is 17.9. The molecule has 11 nitrogen and oxygen atoms in total. The molecule has 0 bridgehead atoms. The Kier molecular flexibility index (Phi) is 8.60. The van der Waals surface area contributed by atoms with Gasteiger partial charge in [-0.1, -0.05) is 23.4 Å². The van der Waals surface area contributed by atoms with Crippen LogP contribution < -0.4 is 10.6 Å². The summed E-state index contributed by atoms with van der Waals surface area (Å²) in [4.78, 5) is 41.3. The summed E-state index contributed by atoms with van der Waals surface area (Å²) in [7, 11) is 0. The molecule has 0 atom stereocenters. The molecule has 0 saturated carbocycles. The Morgan fingerprint density at radius 2 is 1.92 bits per heavy atom. The molecule has 12 heteroatoms. The molecular weight excluding hydrogens is 481 g/mol. The van der Waals surface area contributed by atoms with E-state index >= 15 is 4.39 Å². The number of rotatable bonds is 10. The number of anilines is 1. The summed E-state index contributed by atoms with van der Waals surface area (Å²) in [6.45, 7) is 2.85. The van der Waals surface area contributed by atoms with Crippen LogP contribution >= 0.6 is 0 Å². The molecule has 1 aromatic carbocycles. The van der Waals surface area contributed by atoms with Crippen molar-refractivity contribution in [3.63, 3.8) is 0 Å². The molecule has 0 aliphatic carbocycles. The van der Waals surface area contributed by atoms with Crippen molar-refractivity contribution in [3.8, 4) is 11.1 Å². The third-order valence-corrected chi connectivity index (χ3v) is 6.19. The van der Waals surface area contributed by atoms with Gasteiger partial charge in [0, 0.05) is 68.0 Å². The highest BCUT2D eigenvalue weighted by molar-refractivity contribution is 5.94. The minimum Gasteiger partial charge on any atom is -0.460 e. The van der Waals surface area contributed by atoms with Crippen molar-refractivity contribution in [1.29, 1.82) is 5.41 Å². The number of carbonyl (C=O) groups is 2. The number of piperidine rings is 1. The Bertz CT molecular complexity index is 1160. The molecule has 1 amide bonds. The summed E-state index contributed by atoms with van der Waals surface area (Å²) >= 11 is 0. The minimum absolute atomic E-state index is 0.178. The van der Waals surface area contributed by atoms with Crippen molar-refractivity contribution < 1.29 is 23.6 Å². The highest BCUT2D eigenvalue weighted by Crippen LogP contribution is 2.26. The standard InChI is InChI=1S/C25H30FN7O4/c26-24-17(16-36-23(35)13-21(27)28)3-1-4-20(24)18-14-29-25(30-15-18)33-9-6-19(7-10-33)31-37-12-11-32-8-2-5-22(32)34/h1,3-4,14-15H,2,5-13,16H2,(H3,27,28). The van der Waals surface area contributed by atoms with Crippen LogP contribution in [0.1, 0.15) is 37.7 Å². The highest BCUT2D eigenvalue weighted by atomic mass is 19.1. The number of nitrogens with two attached hydrogens (primary N) is 1. The molecule has 0 spiro atoms. The number of benzene rings is 1. The molecule has 2 aliphatic heterocycles. The van der Waals surface area contributed by atoms with Crippen molar-refractivity contribution in [1.82, 2.24) is 14.9 Å². The summed E-state index contributed by atoms with van der Waals surface area (Å²) < 4.78 is 20.0. The first kappa shape index (κ1) is 26.0. The minimum atomic E-state index is -0.690. The monoisotopic (exact) mass is 511 g/mol. The molecule has 2 aliphatic rings. The molecule has 37 heavy (non-hydrogen) atoms. The molecule has 3 heterocycles. The van der Waals surface area contributed by atoms with Crippen LogP contribution in [0.3, 0.4) is 0 Å². The predicted molar refractivity (Wildman–Crippen MR) is 134 cm³/mol. The Labute approximate surface area is 214 Å². The van der Waals surface area contributed by atoms with Crippen LogP contribution in [0.5, 0.6) is 0 Å². The Balaban J connectivity index is 1.28. The van der Waals surface area contributed by atoms with Gasteiger partial charge in [0.05, 0.1) is 12.3 Å². The second-order valence-corrected chi connectivity index (χ2v) is 8.88. The first-order valence-corrected chi connectivity index (χ1v) is 12.2. The van der Waals surface area contributed by atoms with Crippen LogP contribution in [0.2, 0.25) is 0 Å². The molecular formula is C25H30FN7O4. The molecule has 2 aromatic rings. The van der Waals surface area contributed by atoms with Crippen LogP contribution in [0.4, 0.5) is 10.3 Å². The summed E-state index contributed by atoms with van der Waals surface area (Å²) in [5.41, 5.74) is 7.15. The lowest BCUT2D eigenvalue weighted by Crippen LogP contribution is -2.35. The van der Waals surface area contributed by atoms with E-state index in [1.54, 1.807) is 29.4 Å². The van der Waals surface area contributed by atoms with Crippen molar-refractivity contribution in [2.75, 3.05) is 37.7 Å². The number of halogens is 1. The van der Waals surface area contributed by atoms with Crippen molar-refractivity contribution in [2.45, 2.75) is 38.7 Å². The molecule has 2 fully saturated rings. The normalized spacial score (nSPS) is 15.6. The quantitative estimate of drug-likeness (QED) is 0.162. The van der Waals surface area contributed by atoms with Crippen LogP contribution in [0.25, 0.3) is 11.1 Å². The summed E-state index contributed by atoms with van der Waals surface area (Å²) in [5, 5.41) is 11.4. The summed E-state index contributed by atoms with van der Waals surface area (Å²) in [6, 6.07) is 4.80. The molecule has 4 rings (SSSR count). The zero-order chi connectivity index (χ0) is 26.2. The fourth-order valence-corrected chi connectivity index (χ4v) is 4.19. The Morgan fingerprint density at radius 1 is 1.16 bits per heavy atom. The van der Waals surface area contributed by atoms with Crippen molar-refractivity contribution in [2.24, 2.45) is 10.9 Å². The van der Waals surface area contributed by atoms with Crippen LogP contribution in [0.15, 0.2) is 35.7 Å². The van der Waals surface area contributed by atoms with Gasteiger partial charge < -0.3 is 25.1 Å². The second-order valence-electron chi connectivity index (χ2n) is 8.88. The number of hydrogen-bond acceptors (Lipinski definition) is 9. The third-order valence-electron chi connectivity index (χ3n) is 6.19. The average Bonchev–Trinajstić information content (AvgIpc) is 3.30. The van der Waals surface area contributed by atoms with Gasteiger partial charge in [-0.2, -0.15) is 0 Å². The maximum Gasteiger partial charge on any atom is 0.313 e. The number of oxime groups is 1. The van der Waals surface area contributed by atoms with Crippen molar-refractivity contribution >= 4 is 29.4 Å². The summed E-state index contributed by atoms with van der Waals surface area (Å²) in [5.74, 6) is -0.801. The third kappa shape index (κ3) is 6.99. The fraction of sp³-hybridized carbons (Fsp3) is 0.440. The van der Waals surface area contributed by atoms with Gasteiger partial charge in [0.15, 0.2) is 0 Å². The van der Waals surface area contributed by atoms with E-state index in [-0.39, 0.29) is 30.3 Å². The van der Waals surface area contributed by atoms with Crippen molar-refractivity contribution in [3.05, 3.63) is 42.0 Å². The zero-order valence-corrected chi connectivity index (χ0v) is 20.5. The number of amidine groups is 1. The highest BCUT2D eigenvalue weighted by Gasteiger charge is 2.21. The molecule has 0 unspecified atom stereocenters. The van der Waals surface area contributed by atoms with E-state index in [9.17, 15) is 9.59 Å². The number of esters is 1. The molecule has 0 radical (unpaired) electrons. The van der Waals surface area contributed by atoms with E-state index in [0.29, 0.717) is 62.6 Å². The zero-order valence-electron chi connectivity index (χ0n) is 20.5. The van der Waals surface area contributed by atoms with Gasteiger partial charge >= 0.3 is 5.97 Å².